The van der Waals surface area contributed by atoms with Crippen molar-refractivity contribution < 1.29 is 4.79 Å². The van der Waals surface area contributed by atoms with Crippen LogP contribution in [0.1, 0.15) is 124 Å². The zero-order chi connectivity index (χ0) is 26.8. The summed E-state index contributed by atoms with van der Waals surface area (Å²) in [5.41, 5.74) is 7.72. The number of imidazole rings is 1. The first-order chi connectivity index (χ1) is 18.5. The van der Waals surface area contributed by atoms with Crippen LogP contribution in [0.15, 0.2) is 48.8 Å². The van der Waals surface area contributed by atoms with E-state index in [4.69, 9.17) is 15.0 Å². The van der Waals surface area contributed by atoms with Crippen molar-refractivity contribution in [1.82, 2.24) is 19.5 Å². The van der Waals surface area contributed by atoms with Crippen LogP contribution in [0.25, 0.3) is 22.2 Å². The summed E-state index contributed by atoms with van der Waals surface area (Å²) in [5.74, 6) is 3.19. The minimum atomic E-state index is 0.148. The number of carbonyl (C=O) groups excluding carboxylic acids is 1. The van der Waals surface area contributed by atoms with Crippen LogP contribution in [-0.2, 0) is 6.42 Å². The Hall–Kier alpha value is -3.34. The Bertz CT molecular complexity index is 1430. The molecule has 1 aliphatic carbocycles. The second kappa shape index (κ2) is 11.2. The predicted octanol–water partition coefficient (Wildman–Crippen LogP) is 8.43. The number of hydrogen-bond donors (Lipinski definition) is 0. The molecule has 38 heavy (non-hydrogen) atoms. The van der Waals surface area contributed by atoms with Gasteiger partial charge < -0.3 is 4.57 Å². The van der Waals surface area contributed by atoms with Crippen LogP contribution in [0.5, 0.6) is 0 Å². The lowest BCUT2D eigenvalue weighted by Gasteiger charge is -2.22. The molecule has 2 aliphatic rings. The summed E-state index contributed by atoms with van der Waals surface area (Å²) in [6.45, 7) is 10.3. The number of carbonyl (C=O) groups is 1. The van der Waals surface area contributed by atoms with Gasteiger partial charge in [0.25, 0.3) is 0 Å². The molecule has 0 N–H and O–H groups in total. The number of rotatable bonds is 7. The minimum Gasteiger partial charge on any atom is -0.320 e. The van der Waals surface area contributed by atoms with Crippen LogP contribution in [0.4, 0.5) is 0 Å². The Labute approximate surface area is 226 Å². The minimum absolute atomic E-state index is 0.148. The van der Waals surface area contributed by atoms with Gasteiger partial charge in [0.15, 0.2) is 5.78 Å². The maximum absolute atomic E-state index is 12.7. The molecular formula is C33H40N4O. The highest BCUT2D eigenvalue weighted by molar-refractivity contribution is 5.96. The molecule has 1 aliphatic heterocycles. The molecule has 1 saturated carbocycles. The second-order valence-electron chi connectivity index (χ2n) is 10.8. The normalized spacial score (nSPS) is 16.4. The highest BCUT2D eigenvalue weighted by atomic mass is 16.1. The Balaban J connectivity index is 0.000000937. The number of aromatic nitrogens is 4. The Morgan fingerprint density at radius 1 is 0.974 bits per heavy atom. The molecule has 0 bridgehead atoms. The summed E-state index contributed by atoms with van der Waals surface area (Å²) < 4.78 is 2.39. The molecular weight excluding hydrogens is 468 g/mol. The van der Waals surface area contributed by atoms with Crippen molar-refractivity contribution in [3.05, 3.63) is 77.1 Å². The van der Waals surface area contributed by atoms with Crippen LogP contribution in [0.2, 0.25) is 0 Å². The van der Waals surface area contributed by atoms with Gasteiger partial charge in [-0.2, -0.15) is 0 Å². The lowest BCUT2D eigenvalue weighted by Crippen LogP contribution is -2.13. The van der Waals surface area contributed by atoms with Crippen molar-refractivity contribution in [2.45, 2.75) is 97.4 Å². The van der Waals surface area contributed by atoms with Crippen molar-refractivity contribution >= 4 is 16.8 Å². The van der Waals surface area contributed by atoms with E-state index in [1.807, 2.05) is 18.5 Å². The van der Waals surface area contributed by atoms with E-state index in [-0.39, 0.29) is 11.8 Å². The first kappa shape index (κ1) is 26.3. The molecule has 0 spiro atoms. The topological polar surface area (TPSA) is 60.7 Å². The lowest BCUT2D eigenvalue weighted by molar-refractivity contribution is 0.101. The van der Waals surface area contributed by atoms with E-state index in [9.17, 15) is 4.79 Å². The smallest absolute Gasteiger partial charge is 0.160 e. The molecule has 1 atom stereocenters. The molecule has 2 aromatic carbocycles. The molecule has 198 valence electrons. The summed E-state index contributed by atoms with van der Waals surface area (Å²) in [6, 6.07) is 12.9. The Kier molecular flexibility index (Phi) is 7.73. The van der Waals surface area contributed by atoms with Crippen molar-refractivity contribution in [1.29, 1.82) is 0 Å². The Morgan fingerprint density at radius 3 is 2.32 bits per heavy atom. The van der Waals surface area contributed by atoms with Crippen LogP contribution in [0, 0.1) is 0 Å². The van der Waals surface area contributed by atoms with Gasteiger partial charge >= 0.3 is 0 Å². The van der Waals surface area contributed by atoms with Crippen LogP contribution in [0.3, 0.4) is 0 Å². The van der Waals surface area contributed by atoms with Gasteiger partial charge in [-0.3, -0.25) is 4.79 Å². The third-order valence-electron chi connectivity index (χ3n) is 7.94. The van der Waals surface area contributed by atoms with Crippen molar-refractivity contribution in [3.8, 4) is 11.1 Å². The first-order valence-corrected chi connectivity index (χ1v) is 14.5. The van der Waals surface area contributed by atoms with Gasteiger partial charge in [-0.1, -0.05) is 58.4 Å². The number of fused-ring (bicyclic) bond motifs is 3. The van der Waals surface area contributed by atoms with Crippen LogP contribution in [-0.4, -0.2) is 25.3 Å². The third-order valence-corrected chi connectivity index (χ3v) is 7.94. The van der Waals surface area contributed by atoms with E-state index in [0.717, 1.165) is 65.1 Å². The van der Waals surface area contributed by atoms with E-state index >= 15 is 0 Å². The monoisotopic (exact) mass is 508 g/mol. The van der Waals surface area contributed by atoms with Crippen LogP contribution >= 0.6 is 0 Å². The zero-order valence-corrected chi connectivity index (χ0v) is 23.5. The SMILES string of the molecule is CCC.CCC(CC)c1ncc(-c2ccc3nc4n(c3c2)[C@@H](c2c(C(C)=O)cccc2C2CC2)CC4)cn1. The molecule has 1 fully saturated rings. The van der Waals surface area contributed by atoms with Gasteiger partial charge in [0.05, 0.1) is 17.1 Å². The number of ketones is 1. The van der Waals surface area contributed by atoms with Crippen molar-refractivity contribution in [2.24, 2.45) is 0 Å². The summed E-state index contributed by atoms with van der Waals surface area (Å²) in [4.78, 5) is 27.0. The van der Waals surface area contributed by atoms with Gasteiger partial charge in [0.2, 0.25) is 0 Å². The van der Waals surface area contributed by atoms with Crippen molar-refractivity contribution in [3.63, 3.8) is 0 Å². The Morgan fingerprint density at radius 2 is 1.68 bits per heavy atom. The molecule has 0 radical (unpaired) electrons. The van der Waals surface area contributed by atoms with E-state index in [0.29, 0.717) is 11.8 Å². The number of Topliss-reactive ketones (excluding diaryl/α,β-unsaturated/α-hetero) is 1. The van der Waals surface area contributed by atoms with Gasteiger partial charge in [-0.15, -0.1) is 0 Å². The number of benzene rings is 2. The van der Waals surface area contributed by atoms with E-state index in [1.165, 1.54) is 30.4 Å². The highest BCUT2D eigenvalue weighted by Gasteiger charge is 2.35. The molecule has 5 heteroatoms. The molecule has 0 saturated heterocycles. The number of hydrogen-bond acceptors (Lipinski definition) is 4. The van der Waals surface area contributed by atoms with Crippen LogP contribution < -0.4 is 0 Å². The maximum atomic E-state index is 12.7. The molecule has 0 unspecified atom stereocenters. The van der Waals surface area contributed by atoms with Gasteiger partial charge in [0.1, 0.15) is 11.6 Å². The van der Waals surface area contributed by atoms with Crippen molar-refractivity contribution in [2.75, 3.05) is 0 Å². The summed E-state index contributed by atoms with van der Waals surface area (Å²) in [5, 5.41) is 0. The predicted molar refractivity (Wildman–Crippen MR) is 155 cm³/mol. The third kappa shape index (κ3) is 4.91. The standard InChI is InChI=1S/C30H32N4O.C3H8/c1-4-19(5-2)30-31-16-22(17-32-30)21-11-12-25-27(15-21)34-26(13-14-28(34)33-25)29-23(18(3)35)7-6-8-24(29)20-9-10-20;1-3-2/h6-8,11-12,15-17,19-20,26H,4-5,9-10,13-14H2,1-3H3;3H2,1-2H3/t26-;/m1./s1. The fourth-order valence-electron chi connectivity index (χ4n) is 5.88. The average molecular weight is 509 g/mol. The molecule has 5 nitrogen and oxygen atoms in total. The molecule has 0 amide bonds. The summed E-state index contributed by atoms with van der Waals surface area (Å²) in [6.07, 6.45) is 11.6. The summed E-state index contributed by atoms with van der Waals surface area (Å²) >= 11 is 0. The van der Waals surface area contributed by atoms with E-state index in [2.05, 4.69) is 62.6 Å². The lowest BCUT2D eigenvalue weighted by atomic mass is 9.89. The fraction of sp³-hybridized carbons (Fsp3) is 0.455. The zero-order valence-electron chi connectivity index (χ0n) is 23.5. The average Bonchev–Trinajstić information content (AvgIpc) is 3.60. The molecule has 2 aromatic heterocycles. The second-order valence-corrected chi connectivity index (χ2v) is 10.8. The molecule has 3 heterocycles. The largest absolute Gasteiger partial charge is 0.320 e. The molecule has 4 aromatic rings. The number of nitrogens with zero attached hydrogens (tertiary/aromatic N) is 4. The van der Waals surface area contributed by atoms with E-state index in [1.54, 1.807) is 6.92 Å². The van der Waals surface area contributed by atoms with Gasteiger partial charge in [-0.05, 0) is 73.8 Å². The fourth-order valence-corrected chi connectivity index (χ4v) is 5.88. The van der Waals surface area contributed by atoms with E-state index < -0.39 is 0 Å². The maximum Gasteiger partial charge on any atom is 0.160 e. The van der Waals surface area contributed by atoms with Gasteiger partial charge in [-0.25, -0.2) is 15.0 Å². The molecule has 6 rings (SSSR count). The summed E-state index contributed by atoms with van der Waals surface area (Å²) in [7, 11) is 0. The quantitative estimate of drug-likeness (QED) is 0.235. The number of aryl methyl sites for hydroxylation is 1. The van der Waals surface area contributed by atoms with Gasteiger partial charge in [0, 0.05) is 35.9 Å². The highest BCUT2D eigenvalue weighted by Crippen LogP contribution is 2.47. The first-order valence-electron chi connectivity index (χ1n) is 14.5.